The number of hydrogen-bond acceptors (Lipinski definition) is 5. The highest BCUT2D eigenvalue weighted by Gasteiger charge is 2.35. The Bertz CT molecular complexity index is 609. The maximum atomic E-state index is 11.8. The van der Waals surface area contributed by atoms with Crippen molar-refractivity contribution in [2.45, 2.75) is 32.5 Å². The summed E-state index contributed by atoms with van der Waals surface area (Å²) in [5, 5.41) is 0. The summed E-state index contributed by atoms with van der Waals surface area (Å²) in [5.41, 5.74) is 0.382. The first-order chi connectivity index (χ1) is 11.3. The Balaban J connectivity index is 1.79. The van der Waals surface area contributed by atoms with Crippen LogP contribution in [0, 0.1) is 0 Å². The van der Waals surface area contributed by atoms with E-state index in [4.69, 9.17) is 9.47 Å². The zero-order chi connectivity index (χ0) is 17.7. The minimum Gasteiger partial charge on any atom is -0.487 e. The molecule has 2 rings (SSSR count). The fourth-order valence-corrected chi connectivity index (χ4v) is 2.07. The molecule has 0 saturated carbocycles. The van der Waals surface area contributed by atoms with Crippen molar-refractivity contribution < 1.29 is 23.8 Å². The van der Waals surface area contributed by atoms with E-state index in [0.717, 1.165) is 11.3 Å². The van der Waals surface area contributed by atoms with E-state index < -0.39 is 11.6 Å². The van der Waals surface area contributed by atoms with Crippen LogP contribution in [-0.4, -0.2) is 48.9 Å². The number of methoxy groups -OCH3 is 1. The summed E-state index contributed by atoms with van der Waals surface area (Å²) >= 11 is 0. The molecule has 0 unspecified atom stereocenters. The van der Waals surface area contributed by atoms with E-state index in [1.54, 1.807) is 11.0 Å². The van der Waals surface area contributed by atoms with Crippen LogP contribution in [-0.2, 0) is 14.3 Å². The highest BCUT2D eigenvalue weighted by Crippen LogP contribution is 2.21. The van der Waals surface area contributed by atoms with Gasteiger partial charge < -0.3 is 19.1 Å². The zero-order valence-corrected chi connectivity index (χ0v) is 14.4. The molecular formula is C18H23NO5. The van der Waals surface area contributed by atoms with E-state index in [-0.39, 0.29) is 12.2 Å². The average Bonchev–Trinajstić information content (AvgIpc) is 2.47. The average molecular weight is 333 g/mol. The van der Waals surface area contributed by atoms with Gasteiger partial charge in [0.2, 0.25) is 0 Å². The predicted octanol–water partition coefficient (Wildman–Crippen LogP) is 2.87. The largest absolute Gasteiger partial charge is 0.487 e. The third kappa shape index (κ3) is 5.30. The molecule has 1 amide bonds. The molecule has 0 aliphatic carbocycles. The van der Waals surface area contributed by atoms with Crippen molar-refractivity contribution in [1.29, 1.82) is 0 Å². The summed E-state index contributed by atoms with van der Waals surface area (Å²) in [6, 6.07) is 7.35. The molecule has 0 N–H and O–H groups in total. The Kier molecular flexibility index (Phi) is 5.49. The number of carbonyl (C=O) groups excluding carboxylic acids is 2. The Hall–Kier alpha value is -2.50. The van der Waals surface area contributed by atoms with Gasteiger partial charge in [-0.25, -0.2) is 9.59 Å². The van der Waals surface area contributed by atoms with Gasteiger partial charge in [-0.3, -0.25) is 0 Å². The van der Waals surface area contributed by atoms with Crippen LogP contribution in [0.2, 0.25) is 0 Å². The van der Waals surface area contributed by atoms with Gasteiger partial charge in [0.25, 0.3) is 0 Å². The van der Waals surface area contributed by atoms with Gasteiger partial charge in [0.05, 0.1) is 20.2 Å². The lowest BCUT2D eigenvalue weighted by Gasteiger charge is -2.39. The van der Waals surface area contributed by atoms with Crippen molar-refractivity contribution in [2.24, 2.45) is 0 Å². The summed E-state index contributed by atoms with van der Waals surface area (Å²) in [4.78, 5) is 24.5. The fraction of sp³-hybridized carbons (Fsp3) is 0.444. The molecule has 1 saturated heterocycles. The molecule has 6 nitrogen and oxygen atoms in total. The summed E-state index contributed by atoms with van der Waals surface area (Å²) in [7, 11) is 1.34. The first kappa shape index (κ1) is 17.8. The molecule has 0 spiro atoms. The van der Waals surface area contributed by atoms with E-state index >= 15 is 0 Å². The summed E-state index contributed by atoms with van der Waals surface area (Å²) in [6.07, 6.45) is 2.68. The van der Waals surface area contributed by atoms with Crippen LogP contribution in [0.15, 0.2) is 30.3 Å². The standard InChI is InChI=1S/C18H23NO5/c1-18(2,3)24-17(21)19-11-15(12-19)23-14-8-5-13(6-9-14)7-10-16(20)22-4/h5-10,15H,11-12H2,1-4H3/b10-7+. The number of ether oxygens (including phenoxy) is 3. The third-order valence-electron chi connectivity index (χ3n) is 3.30. The molecule has 0 atom stereocenters. The minimum atomic E-state index is -0.490. The van der Waals surface area contributed by atoms with Crippen molar-refractivity contribution in [3.8, 4) is 5.75 Å². The van der Waals surface area contributed by atoms with Crippen LogP contribution in [0.3, 0.4) is 0 Å². The SMILES string of the molecule is COC(=O)/C=C/c1ccc(OC2CN(C(=O)OC(C)(C)C)C2)cc1. The topological polar surface area (TPSA) is 65.1 Å². The molecule has 1 aromatic rings. The number of esters is 1. The van der Waals surface area contributed by atoms with Gasteiger partial charge in [0.15, 0.2) is 0 Å². The Morgan fingerprint density at radius 3 is 2.33 bits per heavy atom. The molecule has 1 heterocycles. The lowest BCUT2D eigenvalue weighted by Crippen LogP contribution is -2.57. The van der Waals surface area contributed by atoms with Crippen LogP contribution < -0.4 is 4.74 Å². The van der Waals surface area contributed by atoms with Crippen molar-refractivity contribution >= 4 is 18.1 Å². The molecule has 0 bridgehead atoms. The fourth-order valence-electron chi connectivity index (χ4n) is 2.07. The van der Waals surface area contributed by atoms with E-state index in [2.05, 4.69) is 4.74 Å². The maximum absolute atomic E-state index is 11.8. The Morgan fingerprint density at radius 1 is 1.17 bits per heavy atom. The molecule has 1 aliphatic heterocycles. The first-order valence-electron chi connectivity index (χ1n) is 7.77. The Labute approximate surface area is 142 Å². The smallest absolute Gasteiger partial charge is 0.410 e. The number of hydrogen-bond donors (Lipinski definition) is 0. The van der Waals surface area contributed by atoms with Crippen LogP contribution in [0.1, 0.15) is 26.3 Å². The van der Waals surface area contributed by atoms with E-state index in [1.807, 2.05) is 45.0 Å². The highest BCUT2D eigenvalue weighted by molar-refractivity contribution is 5.86. The van der Waals surface area contributed by atoms with Crippen molar-refractivity contribution in [3.05, 3.63) is 35.9 Å². The second-order valence-electron chi connectivity index (χ2n) is 6.55. The van der Waals surface area contributed by atoms with E-state index in [1.165, 1.54) is 13.2 Å². The summed E-state index contributed by atoms with van der Waals surface area (Å²) in [5.74, 6) is 0.325. The summed E-state index contributed by atoms with van der Waals surface area (Å²) in [6.45, 7) is 6.55. The molecule has 6 heteroatoms. The quantitative estimate of drug-likeness (QED) is 0.626. The number of rotatable bonds is 4. The van der Waals surface area contributed by atoms with Crippen LogP contribution in [0.25, 0.3) is 6.08 Å². The molecule has 0 aromatic heterocycles. The minimum absolute atomic E-state index is 0.0334. The van der Waals surface area contributed by atoms with Crippen LogP contribution in [0.5, 0.6) is 5.75 Å². The van der Waals surface area contributed by atoms with Crippen molar-refractivity contribution in [1.82, 2.24) is 4.90 Å². The van der Waals surface area contributed by atoms with Gasteiger partial charge in [-0.15, -0.1) is 0 Å². The number of benzene rings is 1. The van der Waals surface area contributed by atoms with Gasteiger partial charge >= 0.3 is 12.1 Å². The third-order valence-corrected chi connectivity index (χ3v) is 3.30. The predicted molar refractivity (Wildman–Crippen MR) is 89.7 cm³/mol. The molecule has 0 radical (unpaired) electrons. The summed E-state index contributed by atoms with van der Waals surface area (Å²) < 4.78 is 15.6. The number of carbonyl (C=O) groups is 2. The van der Waals surface area contributed by atoms with Crippen molar-refractivity contribution in [3.63, 3.8) is 0 Å². The van der Waals surface area contributed by atoms with Gasteiger partial charge in [-0.05, 0) is 44.5 Å². The highest BCUT2D eigenvalue weighted by atomic mass is 16.6. The molecule has 1 fully saturated rings. The molecule has 1 aromatic carbocycles. The second kappa shape index (κ2) is 7.38. The van der Waals surface area contributed by atoms with Gasteiger partial charge in [0.1, 0.15) is 17.5 Å². The number of likely N-dealkylation sites (tertiary alicyclic amines) is 1. The maximum Gasteiger partial charge on any atom is 0.410 e. The van der Waals surface area contributed by atoms with Gasteiger partial charge in [-0.1, -0.05) is 12.1 Å². The molecule has 1 aliphatic rings. The number of amides is 1. The normalized spacial score (nSPS) is 15.1. The van der Waals surface area contributed by atoms with E-state index in [9.17, 15) is 9.59 Å². The Morgan fingerprint density at radius 2 is 1.79 bits per heavy atom. The van der Waals surface area contributed by atoms with Gasteiger partial charge in [0, 0.05) is 6.08 Å². The molecular weight excluding hydrogens is 310 g/mol. The molecule has 130 valence electrons. The van der Waals surface area contributed by atoms with E-state index in [0.29, 0.717) is 13.1 Å². The van der Waals surface area contributed by atoms with Crippen LogP contribution >= 0.6 is 0 Å². The zero-order valence-electron chi connectivity index (χ0n) is 14.4. The lowest BCUT2D eigenvalue weighted by atomic mass is 10.1. The second-order valence-corrected chi connectivity index (χ2v) is 6.55. The van der Waals surface area contributed by atoms with Gasteiger partial charge in [-0.2, -0.15) is 0 Å². The molecule has 24 heavy (non-hydrogen) atoms. The first-order valence-corrected chi connectivity index (χ1v) is 7.77. The number of nitrogens with zero attached hydrogens (tertiary/aromatic N) is 1. The monoisotopic (exact) mass is 333 g/mol. The van der Waals surface area contributed by atoms with Crippen LogP contribution in [0.4, 0.5) is 4.79 Å². The van der Waals surface area contributed by atoms with Crippen molar-refractivity contribution in [2.75, 3.05) is 20.2 Å². The lowest BCUT2D eigenvalue weighted by molar-refractivity contribution is -0.134.